The highest BCUT2D eigenvalue weighted by molar-refractivity contribution is 5.85. The van der Waals surface area contributed by atoms with E-state index in [0.717, 1.165) is 30.4 Å². The largest absolute Gasteiger partial charge is 0.448 e. The van der Waals surface area contributed by atoms with Crippen LogP contribution in [0.4, 0.5) is 4.79 Å². The molecule has 0 aliphatic carbocycles. The number of unbranched alkanes of at least 4 members (excludes halogenated alkanes) is 1. The number of nitrogens with zero attached hydrogens (tertiary/aromatic N) is 1. The molecule has 142 valence electrons. The number of amides is 1. The Morgan fingerprint density at radius 2 is 1.50 bits per heavy atom. The number of hydrogen-bond acceptors (Lipinski definition) is 3. The van der Waals surface area contributed by atoms with Crippen LogP contribution in [0.2, 0.25) is 0 Å². The fourth-order valence-corrected chi connectivity index (χ4v) is 2.61. The van der Waals surface area contributed by atoms with Crippen molar-refractivity contribution >= 4 is 18.5 Å². The third kappa shape index (κ3) is 7.89. The van der Waals surface area contributed by atoms with Crippen molar-refractivity contribution in [1.29, 1.82) is 0 Å². The van der Waals surface area contributed by atoms with Gasteiger partial charge in [-0.3, -0.25) is 4.90 Å². The maximum Gasteiger partial charge on any atom is 0.410 e. The van der Waals surface area contributed by atoms with Crippen LogP contribution in [-0.2, 0) is 17.8 Å². The SMILES string of the molecule is CCCCC(N)COC(=O)N(Cc1ccccc1)Cc1ccccc1.Cl. The molecule has 0 aromatic heterocycles. The van der Waals surface area contributed by atoms with E-state index in [1.165, 1.54) is 0 Å². The summed E-state index contributed by atoms with van der Waals surface area (Å²) in [5.41, 5.74) is 8.17. The lowest BCUT2D eigenvalue weighted by molar-refractivity contribution is 0.0907. The summed E-state index contributed by atoms with van der Waals surface area (Å²) in [5, 5.41) is 0. The fourth-order valence-electron chi connectivity index (χ4n) is 2.61. The number of carbonyl (C=O) groups excluding carboxylic acids is 1. The van der Waals surface area contributed by atoms with Gasteiger partial charge < -0.3 is 10.5 Å². The van der Waals surface area contributed by atoms with Gasteiger partial charge in [-0.1, -0.05) is 80.4 Å². The molecule has 2 aromatic carbocycles. The first-order chi connectivity index (χ1) is 12.2. The molecule has 0 saturated carbocycles. The molecule has 2 rings (SSSR count). The molecule has 4 nitrogen and oxygen atoms in total. The summed E-state index contributed by atoms with van der Waals surface area (Å²) < 4.78 is 5.47. The van der Waals surface area contributed by atoms with E-state index < -0.39 is 0 Å². The van der Waals surface area contributed by atoms with Gasteiger partial charge in [-0.15, -0.1) is 12.4 Å². The highest BCUT2D eigenvalue weighted by atomic mass is 35.5. The zero-order chi connectivity index (χ0) is 17.9. The number of hydrogen-bond donors (Lipinski definition) is 1. The Morgan fingerprint density at radius 3 is 1.96 bits per heavy atom. The lowest BCUT2D eigenvalue weighted by atomic mass is 10.1. The molecule has 0 radical (unpaired) electrons. The van der Waals surface area contributed by atoms with E-state index in [9.17, 15) is 4.79 Å². The molecular formula is C21H29ClN2O2. The van der Waals surface area contributed by atoms with Crippen molar-refractivity contribution in [2.45, 2.75) is 45.3 Å². The van der Waals surface area contributed by atoms with Crippen molar-refractivity contribution in [3.05, 3.63) is 71.8 Å². The van der Waals surface area contributed by atoms with Crippen LogP contribution in [0.15, 0.2) is 60.7 Å². The van der Waals surface area contributed by atoms with Crippen LogP contribution >= 0.6 is 12.4 Å². The van der Waals surface area contributed by atoms with Crippen molar-refractivity contribution in [1.82, 2.24) is 4.90 Å². The molecule has 2 aromatic rings. The van der Waals surface area contributed by atoms with Crippen LogP contribution in [0.3, 0.4) is 0 Å². The number of nitrogens with two attached hydrogens (primary N) is 1. The second-order valence-corrected chi connectivity index (χ2v) is 6.31. The van der Waals surface area contributed by atoms with Crippen LogP contribution < -0.4 is 5.73 Å². The van der Waals surface area contributed by atoms with Gasteiger partial charge in [0.1, 0.15) is 6.61 Å². The van der Waals surface area contributed by atoms with Crippen LogP contribution in [0.5, 0.6) is 0 Å². The van der Waals surface area contributed by atoms with E-state index >= 15 is 0 Å². The standard InChI is InChI=1S/C21H28N2O2.ClH/c1-2-3-14-20(22)17-25-21(24)23(15-18-10-6-4-7-11-18)16-19-12-8-5-9-13-19;/h4-13,20H,2-3,14-17,22H2,1H3;1H. The summed E-state index contributed by atoms with van der Waals surface area (Å²) >= 11 is 0. The lowest BCUT2D eigenvalue weighted by Crippen LogP contribution is -2.35. The molecule has 1 amide bonds. The summed E-state index contributed by atoms with van der Waals surface area (Å²) in [6.45, 7) is 3.41. The number of rotatable bonds is 9. The first kappa shape index (κ1) is 22.0. The predicted octanol–water partition coefficient (Wildman–Crippen LogP) is 4.76. The minimum Gasteiger partial charge on any atom is -0.448 e. The molecule has 0 heterocycles. The zero-order valence-corrected chi connectivity index (χ0v) is 16.2. The maximum absolute atomic E-state index is 12.6. The Morgan fingerprint density at radius 1 is 1.00 bits per heavy atom. The maximum atomic E-state index is 12.6. The molecule has 0 fully saturated rings. The smallest absolute Gasteiger partial charge is 0.410 e. The van der Waals surface area contributed by atoms with Gasteiger partial charge in [-0.25, -0.2) is 4.79 Å². The van der Waals surface area contributed by atoms with E-state index in [-0.39, 0.29) is 31.1 Å². The van der Waals surface area contributed by atoms with E-state index in [1.54, 1.807) is 4.90 Å². The molecule has 0 bridgehead atoms. The highest BCUT2D eigenvalue weighted by Gasteiger charge is 2.17. The van der Waals surface area contributed by atoms with Gasteiger partial charge in [0.15, 0.2) is 0 Å². The Bertz CT molecular complexity index is 581. The molecule has 0 spiro atoms. The predicted molar refractivity (Wildman–Crippen MR) is 108 cm³/mol. The second-order valence-electron chi connectivity index (χ2n) is 6.31. The second kappa shape index (κ2) is 12.3. The Labute approximate surface area is 162 Å². The monoisotopic (exact) mass is 376 g/mol. The van der Waals surface area contributed by atoms with Crippen LogP contribution in [0.1, 0.15) is 37.3 Å². The van der Waals surface area contributed by atoms with Gasteiger partial charge in [-0.05, 0) is 17.5 Å². The van der Waals surface area contributed by atoms with Gasteiger partial charge in [0.2, 0.25) is 0 Å². The number of halogens is 1. The van der Waals surface area contributed by atoms with Gasteiger partial charge >= 0.3 is 6.09 Å². The van der Waals surface area contributed by atoms with E-state index in [2.05, 4.69) is 6.92 Å². The summed E-state index contributed by atoms with van der Waals surface area (Å²) in [4.78, 5) is 14.3. The molecular weight excluding hydrogens is 348 g/mol. The highest BCUT2D eigenvalue weighted by Crippen LogP contribution is 2.12. The fraction of sp³-hybridized carbons (Fsp3) is 0.381. The molecule has 26 heavy (non-hydrogen) atoms. The Kier molecular flexibility index (Phi) is 10.4. The topological polar surface area (TPSA) is 55.6 Å². The van der Waals surface area contributed by atoms with Crippen LogP contribution in [-0.4, -0.2) is 23.6 Å². The molecule has 0 saturated heterocycles. The van der Waals surface area contributed by atoms with E-state index in [1.807, 2.05) is 60.7 Å². The van der Waals surface area contributed by atoms with E-state index in [0.29, 0.717) is 13.1 Å². The molecule has 2 N–H and O–H groups in total. The summed E-state index contributed by atoms with van der Waals surface area (Å²) in [6.07, 6.45) is 2.70. The van der Waals surface area contributed by atoms with Gasteiger partial charge in [-0.2, -0.15) is 0 Å². The molecule has 0 aliphatic heterocycles. The molecule has 5 heteroatoms. The van der Waals surface area contributed by atoms with E-state index in [4.69, 9.17) is 10.5 Å². The molecule has 1 atom stereocenters. The Hall–Kier alpha value is -2.04. The van der Waals surface area contributed by atoms with Crippen molar-refractivity contribution in [2.24, 2.45) is 5.73 Å². The van der Waals surface area contributed by atoms with Gasteiger partial charge in [0.05, 0.1) is 0 Å². The number of benzene rings is 2. The first-order valence-electron chi connectivity index (χ1n) is 8.94. The molecule has 0 aliphatic rings. The molecule has 1 unspecified atom stereocenters. The van der Waals surface area contributed by atoms with Crippen LogP contribution in [0.25, 0.3) is 0 Å². The minimum atomic E-state index is -0.320. The number of carbonyl (C=O) groups is 1. The summed E-state index contributed by atoms with van der Waals surface area (Å²) in [6, 6.07) is 19.8. The first-order valence-corrected chi connectivity index (χ1v) is 8.94. The quantitative estimate of drug-likeness (QED) is 0.686. The van der Waals surface area contributed by atoms with Crippen molar-refractivity contribution < 1.29 is 9.53 Å². The van der Waals surface area contributed by atoms with Crippen LogP contribution in [0, 0.1) is 0 Å². The Balaban J connectivity index is 0.00000338. The van der Waals surface area contributed by atoms with Gasteiger partial charge in [0, 0.05) is 19.1 Å². The number of ether oxygens (including phenoxy) is 1. The third-order valence-electron chi connectivity index (χ3n) is 4.04. The van der Waals surface area contributed by atoms with Gasteiger partial charge in [0.25, 0.3) is 0 Å². The van der Waals surface area contributed by atoms with Crippen molar-refractivity contribution in [3.63, 3.8) is 0 Å². The average molecular weight is 377 g/mol. The summed E-state index contributed by atoms with van der Waals surface area (Å²) in [7, 11) is 0. The minimum absolute atomic E-state index is 0. The third-order valence-corrected chi connectivity index (χ3v) is 4.04. The average Bonchev–Trinajstić information content (AvgIpc) is 2.65. The van der Waals surface area contributed by atoms with Crippen molar-refractivity contribution in [3.8, 4) is 0 Å². The normalized spacial score (nSPS) is 11.3. The zero-order valence-electron chi connectivity index (χ0n) is 15.3. The lowest BCUT2D eigenvalue weighted by Gasteiger charge is -2.23. The summed E-state index contributed by atoms with van der Waals surface area (Å²) in [5.74, 6) is 0. The van der Waals surface area contributed by atoms with Crippen molar-refractivity contribution in [2.75, 3.05) is 6.61 Å².